The number of hydrogen-bond acceptors (Lipinski definition) is 5. The zero-order valence-corrected chi connectivity index (χ0v) is 12.9. The zero-order chi connectivity index (χ0) is 15.5. The van der Waals surface area contributed by atoms with Gasteiger partial charge < -0.3 is 14.4 Å². The summed E-state index contributed by atoms with van der Waals surface area (Å²) in [6.07, 6.45) is 1.57. The number of hydrogen-bond donors (Lipinski definition) is 1. The third-order valence-corrected chi connectivity index (χ3v) is 3.97. The second-order valence-electron chi connectivity index (χ2n) is 4.99. The molecule has 1 aromatic carbocycles. The van der Waals surface area contributed by atoms with Crippen molar-refractivity contribution in [3.8, 4) is 5.75 Å². The summed E-state index contributed by atoms with van der Waals surface area (Å²) in [6, 6.07) is 5.95. The monoisotopic (exact) mass is 321 g/mol. The number of anilines is 1. The lowest BCUT2D eigenvalue weighted by atomic mass is 10.1. The molecule has 0 unspecified atom stereocenters. The highest BCUT2D eigenvalue weighted by Crippen LogP contribution is 2.35. The van der Waals surface area contributed by atoms with Gasteiger partial charge in [-0.15, -0.1) is 0 Å². The quantitative estimate of drug-likeness (QED) is 0.853. The molecule has 0 saturated heterocycles. The molecule has 0 fully saturated rings. The van der Waals surface area contributed by atoms with Gasteiger partial charge in [0.2, 0.25) is 0 Å². The molecule has 2 heterocycles. The number of nitrogens with one attached hydrogen (secondary N) is 1. The van der Waals surface area contributed by atoms with Gasteiger partial charge in [0.1, 0.15) is 17.4 Å². The molecule has 1 N–H and O–H groups in total. The van der Waals surface area contributed by atoms with Gasteiger partial charge in [-0.3, -0.25) is 4.79 Å². The highest BCUT2D eigenvalue weighted by molar-refractivity contribution is 6.33. The first kappa shape index (κ1) is 14.9. The number of rotatable bonds is 5. The fourth-order valence-electron chi connectivity index (χ4n) is 2.53. The van der Waals surface area contributed by atoms with Crippen molar-refractivity contribution < 1.29 is 9.47 Å². The van der Waals surface area contributed by atoms with Crippen LogP contribution in [0, 0.1) is 0 Å². The molecule has 3 rings (SSSR count). The maximum atomic E-state index is 11.6. The van der Waals surface area contributed by atoms with Crippen molar-refractivity contribution in [2.24, 2.45) is 0 Å². The minimum Gasteiger partial charge on any atom is -0.491 e. The van der Waals surface area contributed by atoms with Gasteiger partial charge in [0.25, 0.3) is 5.56 Å². The van der Waals surface area contributed by atoms with Crippen LogP contribution in [0.25, 0.3) is 0 Å². The van der Waals surface area contributed by atoms with Gasteiger partial charge in [0, 0.05) is 25.8 Å². The molecule has 1 aliphatic rings. The van der Waals surface area contributed by atoms with Crippen LogP contribution in [0.1, 0.15) is 11.1 Å². The Morgan fingerprint density at radius 3 is 3.05 bits per heavy atom. The Hall–Kier alpha value is -2.05. The molecular formula is C15H16ClN3O3. The minimum atomic E-state index is -0.383. The molecule has 0 aliphatic carbocycles. The van der Waals surface area contributed by atoms with E-state index < -0.39 is 0 Å². The topological polar surface area (TPSA) is 67.5 Å². The summed E-state index contributed by atoms with van der Waals surface area (Å²) >= 11 is 6.09. The van der Waals surface area contributed by atoms with Crippen molar-refractivity contribution in [1.82, 2.24) is 10.2 Å². The Kier molecular flexibility index (Phi) is 4.31. The average Bonchev–Trinajstić information content (AvgIpc) is 2.95. The van der Waals surface area contributed by atoms with Crippen molar-refractivity contribution >= 4 is 17.3 Å². The van der Waals surface area contributed by atoms with Gasteiger partial charge in [-0.05, 0) is 11.6 Å². The maximum absolute atomic E-state index is 11.6. The molecule has 0 amide bonds. The number of nitrogens with zero attached hydrogens (tertiary/aromatic N) is 2. The van der Waals surface area contributed by atoms with E-state index >= 15 is 0 Å². The molecule has 0 bridgehead atoms. The molecule has 0 radical (unpaired) electrons. The second-order valence-corrected chi connectivity index (χ2v) is 5.37. The molecule has 0 atom stereocenters. The van der Waals surface area contributed by atoms with E-state index in [4.69, 9.17) is 21.1 Å². The Bertz CT molecular complexity index is 732. The summed E-state index contributed by atoms with van der Waals surface area (Å²) in [5.74, 6) is 0.839. The third-order valence-electron chi connectivity index (χ3n) is 3.60. The first-order valence-electron chi connectivity index (χ1n) is 6.91. The summed E-state index contributed by atoms with van der Waals surface area (Å²) in [6.45, 7) is 2.34. The van der Waals surface area contributed by atoms with Crippen LogP contribution < -0.4 is 15.2 Å². The summed E-state index contributed by atoms with van der Waals surface area (Å²) in [7, 11) is 1.64. The van der Waals surface area contributed by atoms with E-state index in [-0.39, 0.29) is 10.6 Å². The van der Waals surface area contributed by atoms with Crippen molar-refractivity contribution in [1.29, 1.82) is 0 Å². The van der Waals surface area contributed by atoms with Gasteiger partial charge in [-0.1, -0.05) is 23.7 Å². The summed E-state index contributed by atoms with van der Waals surface area (Å²) in [5, 5.41) is 6.31. The average molecular weight is 322 g/mol. The van der Waals surface area contributed by atoms with E-state index in [1.165, 1.54) is 0 Å². The Morgan fingerprint density at radius 1 is 1.36 bits per heavy atom. The van der Waals surface area contributed by atoms with E-state index in [1.54, 1.807) is 13.3 Å². The fourth-order valence-corrected chi connectivity index (χ4v) is 2.74. The van der Waals surface area contributed by atoms with Crippen LogP contribution in [0.3, 0.4) is 0 Å². The van der Waals surface area contributed by atoms with Crippen LogP contribution >= 0.6 is 11.6 Å². The van der Waals surface area contributed by atoms with Crippen molar-refractivity contribution in [2.45, 2.75) is 13.1 Å². The lowest BCUT2D eigenvalue weighted by molar-refractivity contribution is 0.146. The number of benzene rings is 1. The van der Waals surface area contributed by atoms with E-state index in [0.717, 1.165) is 16.9 Å². The van der Waals surface area contributed by atoms with Crippen LogP contribution in [0.4, 0.5) is 5.69 Å². The standard InChI is InChI=1S/C15H16ClN3O3/c1-21-5-6-22-13-4-2-3-10-8-19(9-11(10)13)12-7-17-18-15(20)14(12)16/h2-4,7H,5-6,8-9H2,1H3,(H,18,20). The zero-order valence-electron chi connectivity index (χ0n) is 12.1. The fraction of sp³-hybridized carbons (Fsp3) is 0.333. The van der Waals surface area contributed by atoms with Crippen molar-refractivity contribution in [3.63, 3.8) is 0 Å². The van der Waals surface area contributed by atoms with Gasteiger partial charge >= 0.3 is 0 Å². The summed E-state index contributed by atoms with van der Waals surface area (Å²) < 4.78 is 10.8. The van der Waals surface area contributed by atoms with Gasteiger partial charge in [-0.2, -0.15) is 5.10 Å². The number of aromatic amines is 1. The predicted octanol–water partition coefficient (Wildman–Crippen LogP) is 1.97. The molecule has 7 heteroatoms. The molecule has 1 aliphatic heterocycles. The summed E-state index contributed by atoms with van der Waals surface area (Å²) in [4.78, 5) is 13.6. The maximum Gasteiger partial charge on any atom is 0.285 e. The van der Waals surface area contributed by atoms with Gasteiger partial charge in [-0.25, -0.2) is 5.10 Å². The van der Waals surface area contributed by atoms with Crippen LogP contribution in [0.5, 0.6) is 5.75 Å². The highest BCUT2D eigenvalue weighted by atomic mass is 35.5. The van der Waals surface area contributed by atoms with Crippen LogP contribution in [-0.2, 0) is 17.8 Å². The Labute approximate surface area is 132 Å². The largest absolute Gasteiger partial charge is 0.491 e. The van der Waals surface area contributed by atoms with E-state index in [0.29, 0.717) is 32.0 Å². The number of ether oxygens (including phenoxy) is 2. The van der Waals surface area contributed by atoms with Gasteiger partial charge in [0.15, 0.2) is 0 Å². The van der Waals surface area contributed by atoms with Gasteiger partial charge in [0.05, 0.1) is 18.5 Å². The second kappa shape index (κ2) is 6.37. The van der Waals surface area contributed by atoms with E-state index in [1.807, 2.05) is 23.1 Å². The lowest BCUT2D eigenvalue weighted by Gasteiger charge is -2.18. The first-order valence-corrected chi connectivity index (χ1v) is 7.29. The van der Waals surface area contributed by atoms with Crippen LogP contribution in [0.15, 0.2) is 29.2 Å². The number of H-pyrrole nitrogens is 1. The molecule has 6 nitrogen and oxygen atoms in total. The number of halogens is 1. The Balaban J connectivity index is 1.84. The molecule has 1 aromatic heterocycles. The SMILES string of the molecule is COCCOc1cccc2c1CN(c1cn[nH]c(=O)c1Cl)C2. The number of fused-ring (bicyclic) bond motifs is 1. The number of aromatic nitrogens is 2. The highest BCUT2D eigenvalue weighted by Gasteiger charge is 2.25. The molecule has 0 saturated carbocycles. The van der Waals surface area contributed by atoms with Crippen LogP contribution in [0.2, 0.25) is 5.02 Å². The molecule has 116 valence electrons. The number of methoxy groups -OCH3 is 1. The molecule has 22 heavy (non-hydrogen) atoms. The van der Waals surface area contributed by atoms with Crippen molar-refractivity contribution in [3.05, 3.63) is 50.9 Å². The van der Waals surface area contributed by atoms with Crippen molar-refractivity contribution in [2.75, 3.05) is 25.2 Å². The predicted molar refractivity (Wildman–Crippen MR) is 83.6 cm³/mol. The molecule has 2 aromatic rings. The van der Waals surface area contributed by atoms with E-state index in [9.17, 15) is 4.79 Å². The lowest BCUT2D eigenvalue weighted by Crippen LogP contribution is -2.20. The third kappa shape index (κ3) is 2.80. The van der Waals surface area contributed by atoms with Crippen LogP contribution in [-0.4, -0.2) is 30.5 Å². The Morgan fingerprint density at radius 2 is 2.23 bits per heavy atom. The smallest absolute Gasteiger partial charge is 0.285 e. The normalized spacial score (nSPS) is 13.3. The minimum absolute atomic E-state index is 0.157. The summed E-state index contributed by atoms with van der Waals surface area (Å²) in [5.41, 5.74) is 2.51. The molecule has 0 spiro atoms. The first-order chi connectivity index (χ1) is 10.7. The molecular weight excluding hydrogens is 306 g/mol. The van der Waals surface area contributed by atoms with E-state index in [2.05, 4.69) is 10.2 Å².